The zero-order valence-corrected chi connectivity index (χ0v) is 15.5. The minimum Gasteiger partial charge on any atom is -0.497 e. The maximum absolute atomic E-state index is 13.2. The molecule has 2 aliphatic heterocycles. The Hall–Kier alpha value is -2.57. The molecule has 0 bridgehead atoms. The first kappa shape index (κ1) is 17.8. The highest BCUT2D eigenvalue weighted by Gasteiger charge is 2.50. The third-order valence-corrected chi connectivity index (χ3v) is 5.93. The molecule has 0 radical (unpaired) electrons. The smallest absolute Gasteiger partial charge is 0.329 e. The Labute approximate surface area is 158 Å². The lowest BCUT2D eigenvalue weighted by atomic mass is 9.88. The highest BCUT2D eigenvalue weighted by Crippen LogP contribution is 2.33. The van der Waals surface area contributed by atoms with E-state index in [2.05, 4.69) is 5.32 Å². The van der Waals surface area contributed by atoms with Gasteiger partial charge < -0.3 is 15.0 Å². The van der Waals surface area contributed by atoms with Crippen molar-refractivity contribution in [3.05, 3.63) is 24.3 Å². The molecule has 2 saturated heterocycles. The van der Waals surface area contributed by atoms with Gasteiger partial charge in [0, 0.05) is 18.5 Å². The van der Waals surface area contributed by atoms with E-state index < -0.39 is 12.1 Å². The lowest BCUT2D eigenvalue weighted by Gasteiger charge is -2.38. The van der Waals surface area contributed by atoms with Crippen LogP contribution in [0.15, 0.2) is 24.3 Å². The number of amides is 4. The number of hydrogen-bond donors (Lipinski definition) is 1. The molecule has 4 amide bonds. The average Bonchev–Trinajstić information content (AvgIpc) is 3.12. The summed E-state index contributed by atoms with van der Waals surface area (Å²) in [6.07, 6.45) is 5.72. The van der Waals surface area contributed by atoms with Crippen molar-refractivity contribution in [2.24, 2.45) is 5.92 Å². The van der Waals surface area contributed by atoms with Crippen LogP contribution in [0.3, 0.4) is 0 Å². The van der Waals surface area contributed by atoms with Gasteiger partial charge in [0.25, 0.3) is 5.91 Å². The summed E-state index contributed by atoms with van der Waals surface area (Å²) in [4.78, 5) is 41.7. The minimum atomic E-state index is -0.622. The number of carbonyl (C=O) groups excluding carboxylic acids is 3. The molecule has 3 fully saturated rings. The van der Waals surface area contributed by atoms with Gasteiger partial charge in [0.15, 0.2) is 0 Å². The number of fused-ring (bicyclic) bond motifs is 1. The van der Waals surface area contributed by atoms with Crippen LogP contribution in [0.2, 0.25) is 0 Å². The van der Waals surface area contributed by atoms with Crippen LogP contribution >= 0.6 is 0 Å². The second kappa shape index (κ2) is 7.21. The van der Waals surface area contributed by atoms with Crippen LogP contribution in [0.25, 0.3) is 0 Å². The molecule has 4 rings (SSSR count). The fraction of sp³-hybridized carbons (Fsp3) is 0.550. The summed E-state index contributed by atoms with van der Waals surface area (Å²) >= 11 is 0. The van der Waals surface area contributed by atoms with Gasteiger partial charge in [-0.2, -0.15) is 0 Å². The van der Waals surface area contributed by atoms with Crippen molar-refractivity contribution in [1.29, 1.82) is 0 Å². The van der Waals surface area contributed by atoms with E-state index in [1.165, 1.54) is 13.5 Å². The van der Waals surface area contributed by atoms with Crippen LogP contribution in [-0.4, -0.2) is 48.5 Å². The molecule has 1 saturated carbocycles. The first-order valence-electron chi connectivity index (χ1n) is 9.69. The zero-order chi connectivity index (χ0) is 19.0. The Morgan fingerprint density at radius 3 is 2.67 bits per heavy atom. The molecule has 27 heavy (non-hydrogen) atoms. The van der Waals surface area contributed by atoms with Gasteiger partial charge in [0.2, 0.25) is 5.91 Å². The highest BCUT2D eigenvalue weighted by molar-refractivity contribution is 6.19. The topological polar surface area (TPSA) is 79.0 Å². The number of ether oxygens (including phenoxy) is 1. The predicted octanol–water partition coefficient (Wildman–Crippen LogP) is 2.30. The summed E-state index contributed by atoms with van der Waals surface area (Å²) in [6.45, 7) is 0.517. The van der Waals surface area contributed by atoms with Gasteiger partial charge in [-0.05, 0) is 31.4 Å². The summed E-state index contributed by atoms with van der Waals surface area (Å²) in [5.74, 6) is 0.306. The molecule has 3 aliphatic rings. The van der Waals surface area contributed by atoms with Crippen LogP contribution < -0.4 is 15.0 Å². The third-order valence-electron chi connectivity index (χ3n) is 5.93. The van der Waals surface area contributed by atoms with Gasteiger partial charge in [-0.3, -0.25) is 9.59 Å². The molecule has 144 valence electrons. The molecular formula is C20H25N3O4. The molecule has 1 aliphatic carbocycles. The second-order valence-electron chi connectivity index (χ2n) is 7.53. The molecule has 1 aromatic rings. The molecule has 2 atom stereocenters. The number of imide groups is 1. The Morgan fingerprint density at radius 2 is 1.93 bits per heavy atom. The molecule has 7 heteroatoms. The fourth-order valence-corrected chi connectivity index (χ4v) is 4.53. The van der Waals surface area contributed by atoms with E-state index in [-0.39, 0.29) is 23.8 Å². The van der Waals surface area contributed by atoms with Crippen LogP contribution in [0.1, 0.15) is 38.5 Å². The first-order valence-corrected chi connectivity index (χ1v) is 9.69. The largest absolute Gasteiger partial charge is 0.497 e. The summed E-state index contributed by atoms with van der Waals surface area (Å²) in [5.41, 5.74) is 0.451. The molecule has 0 unspecified atom stereocenters. The number of carbonyl (C=O) groups is 3. The van der Waals surface area contributed by atoms with Crippen molar-refractivity contribution in [3.63, 3.8) is 0 Å². The van der Waals surface area contributed by atoms with E-state index in [1.807, 2.05) is 0 Å². The average molecular weight is 371 g/mol. The van der Waals surface area contributed by atoms with Crippen molar-refractivity contribution in [2.75, 3.05) is 18.6 Å². The Bertz CT molecular complexity index is 759. The van der Waals surface area contributed by atoms with Crippen molar-refractivity contribution in [3.8, 4) is 5.75 Å². The number of benzene rings is 1. The molecule has 1 N–H and O–H groups in total. The van der Waals surface area contributed by atoms with E-state index >= 15 is 0 Å². The number of urea groups is 1. The van der Waals surface area contributed by atoms with Gasteiger partial charge in [-0.25, -0.2) is 9.69 Å². The van der Waals surface area contributed by atoms with Crippen LogP contribution in [0.5, 0.6) is 5.75 Å². The summed E-state index contributed by atoms with van der Waals surface area (Å²) < 4.78 is 5.21. The highest BCUT2D eigenvalue weighted by atomic mass is 16.5. The molecule has 2 heterocycles. The van der Waals surface area contributed by atoms with E-state index in [1.54, 1.807) is 29.2 Å². The first-order chi connectivity index (χ1) is 13.1. The number of hydrogen-bond acceptors (Lipinski definition) is 4. The third kappa shape index (κ3) is 3.15. The number of rotatable bonds is 3. The van der Waals surface area contributed by atoms with E-state index in [4.69, 9.17) is 4.74 Å². The monoisotopic (exact) mass is 371 g/mol. The van der Waals surface area contributed by atoms with E-state index in [0.29, 0.717) is 24.4 Å². The quantitative estimate of drug-likeness (QED) is 0.884. The van der Waals surface area contributed by atoms with Crippen molar-refractivity contribution >= 4 is 23.5 Å². The maximum atomic E-state index is 13.2. The summed E-state index contributed by atoms with van der Waals surface area (Å²) in [7, 11) is 1.54. The number of methoxy groups -OCH3 is 1. The van der Waals surface area contributed by atoms with E-state index in [0.717, 1.165) is 30.6 Å². The number of anilines is 1. The SMILES string of the molecule is COc1cccc(N2C(=O)N[C@@H]3CCN(C(=O)C4CCCCC4)[C@H]3C2=O)c1. The van der Waals surface area contributed by atoms with Crippen LogP contribution in [-0.2, 0) is 9.59 Å². The second-order valence-corrected chi connectivity index (χ2v) is 7.53. The lowest BCUT2D eigenvalue weighted by molar-refractivity contribution is -0.142. The predicted molar refractivity (Wildman–Crippen MR) is 99.5 cm³/mol. The standard InChI is InChI=1S/C20H25N3O4/c1-27-15-9-5-8-14(12-15)23-19(25)17-16(21-20(23)26)10-11-22(17)18(24)13-6-3-2-4-7-13/h5,8-9,12-13,16-17H,2-4,6-7,10-11H2,1H3,(H,21,26)/t16-,17-/m1/s1. The van der Waals surface area contributed by atoms with Crippen LogP contribution in [0.4, 0.5) is 10.5 Å². The zero-order valence-electron chi connectivity index (χ0n) is 15.5. The number of nitrogens with zero attached hydrogens (tertiary/aromatic N) is 2. The summed E-state index contributed by atoms with van der Waals surface area (Å²) in [6, 6.07) is 5.47. The van der Waals surface area contributed by atoms with Crippen molar-refractivity contribution < 1.29 is 19.1 Å². The van der Waals surface area contributed by atoms with Crippen molar-refractivity contribution in [1.82, 2.24) is 10.2 Å². The fourth-order valence-electron chi connectivity index (χ4n) is 4.53. The number of likely N-dealkylation sites (tertiary alicyclic amines) is 1. The van der Waals surface area contributed by atoms with E-state index in [9.17, 15) is 14.4 Å². The van der Waals surface area contributed by atoms with Gasteiger partial charge in [-0.1, -0.05) is 25.3 Å². The summed E-state index contributed by atoms with van der Waals surface area (Å²) in [5, 5.41) is 2.91. The number of nitrogens with one attached hydrogen (secondary N) is 1. The Balaban J connectivity index is 1.59. The van der Waals surface area contributed by atoms with Gasteiger partial charge in [-0.15, -0.1) is 0 Å². The van der Waals surface area contributed by atoms with Crippen molar-refractivity contribution in [2.45, 2.75) is 50.6 Å². The van der Waals surface area contributed by atoms with Gasteiger partial charge in [0.1, 0.15) is 11.8 Å². The Morgan fingerprint density at radius 1 is 1.15 bits per heavy atom. The normalized spacial score (nSPS) is 26.0. The Kier molecular flexibility index (Phi) is 4.76. The molecule has 7 nitrogen and oxygen atoms in total. The molecule has 0 aromatic heterocycles. The molecular weight excluding hydrogens is 346 g/mol. The lowest BCUT2D eigenvalue weighted by Crippen LogP contribution is -2.65. The maximum Gasteiger partial charge on any atom is 0.329 e. The van der Waals surface area contributed by atoms with Crippen LogP contribution in [0, 0.1) is 5.92 Å². The molecule has 1 aromatic carbocycles. The van der Waals surface area contributed by atoms with Gasteiger partial charge in [0.05, 0.1) is 18.8 Å². The minimum absolute atomic E-state index is 0.00759. The van der Waals surface area contributed by atoms with Gasteiger partial charge >= 0.3 is 6.03 Å². The molecule has 0 spiro atoms.